The first-order valence-corrected chi connectivity index (χ1v) is 7.58. The molecule has 0 amide bonds. The van der Waals surface area contributed by atoms with Gasteiger partial charge in [-0.2, -0.15) is 0 Å². The van der Waals surface area contributed by atoms with Crippen molar-refractivity contribution in [2.75, 3.05) is 5.32 Å². The second kappa shape index (κ2) is 5.48. The van der Waals surface area contributed by atoms with Crippen molar-refractivity contribution in [3.63, 3.8) is 0 Å². The van der Waals surface area contributed by atoms with Gasteiger partial charge in [-0.3, -0.25) is 13.9 Å². The highest BCUT2D eigenvalue weighted by Crippen LogP contribution is 2.24. The van der Waals surface area contributed by atoms with Gasteiger partial charge in [-0.15, -0.1) is 0 Å². The summed E-state index contributed by atoms with van der Waals surface area (Å²) in [4.78, 5) is 24.4. The molecule has 1 heterocycles. The zero-order valence-corrected chi connectivity index (χ0v) is 13.2. The lowest BCUT2D eigenvalue weighted by molar-refractivity contribution is 0.649. The van der Waals surface area contributed by atoms with Crippen LogP contribution in [0.4, 0.5) is 5.82 Å². The third-order valence-electron chi connectivity index (χ3n) is 3.95. The van der Waals surface area contributed by atoms with Gasteiger partial charge in [-0.1, -0.05) is 29.3 Å². The molecule has 116 valence electrons. The number of aromatic nitrogens is 2. The molecule has 1 saturated carbocycles. The maximum atomic E-state index is 12.5. The standard InChI is InChI=1S/C17H21N3O2/c1-11-6-12(2)8-13(7-11)10-20-15(18-14-4-5-14)9-16(21)19(3)17(20)22/h6-9,14,18H,4-5,10H2,1-3H3. The maximum absolute atomic E-state index is 12.5. The van der Waals surface area contributed by atoms with Gasteiger partial charge in [0.25, 0.3) is 5.56 Å². The summed E-state index contributed by atoms with van der Waals surface area (Å²) in [5.41, 5.74) is 2.85. The van der Waals surface area contributed by atoms with E-state index in [2.05, 4.69) is 23.5 Å². The summed E-state index contributed by atoms with van der Waals surface area (Å²) in [6, 6.07) is 8.16. The molecule has 3 rings (SSSR count). The van der Waals surface area contributed by atoms with E-state index >= 15 is 0 Å². The first-order chi connectivity index (χ1) is 10.4. The van der Waals surface area contributed by atoms with E-state index in [9.17, 15) is 9.59 Å². The minimum Gasteiger partial charge on any atom is -0.368 e. The molecule has 0 saturated heterocycles. The summed E-state index contributed by atoms with van der Waals surface area (Å²) in [5, 5.41) is 3.29. The maximum Gasteiger partial charge on any atom is 0.332 e. The van der Waals surface area contributed by atoms with Crippen LogP contribution in [0.15, 0.2) is 33.9 Å². The highest BCUT2D eigenvalue weighted by atomic mass is 16.2. The van der Waals surface area contributed by atoms with Crippen LogP contribution in [0.1, 0.15) is 29.5 Å². The summed E-state index contributed by atoms with van der Waals surface area (Å²) < 4.78 is 2.80. The number of nitrogens with zero attached hydrogens (tertiary/aromatic N) is 2. The van der Waals surface area contributed by atoms with E-state index in [4.69, 9.17) is 0 Å². The van der Waals surface area contributed by atoms with Crippen LogP contribution in [-0.4, -0.2) is 15.2 Å². The first kappa shape index (κ1) is 14.6. The number of anilines is 1. The fourth-order valence-electron chi connectivity index (χ4n) is 2.72. The molecular formula is C17H21N3O2. The molecule has 5 nitrogen and oxygen atoms in total. The second-order valence-electron chi connectivity index (χ2n) is 6.21. The normalized spacial score (nSPS) is 14.1. The van der Waals surface area contributed by atoms with E-state index < -0.39 is 0 Å². The van der Waals surface area contributed by atoms with Crippen molar-refractivity contribution in [3.05, 3.63) is 61.8 Å². The van der Waals surface area contributed by atoms with Gasteiger partial charge in [-0.25, -0.2) is 4.79 Å². The smallest absolute Gasteiger partial charge is 0.332 e. The predicted molar refractivity (Wildman–Crippen MR) is 87.6 cm³/mol. The Labute approximate surface area is 129 Å². The van der Waals surface area contributed by atoms with Crippen LogP contribution >= 0.6 is 0 Å². The van der Waals surface area contributed by atoms with Gasteiger partial charge in [0.05, 0.1) is 6.54 Å². The highest BCUT2D eigenvalue weighted by molar-refractivity contribution is 5.38. The number of rotatable bonds is 4. The van der Waals surface area contributed by atoms with Crippen LogP contribution in [0.2, 0.25) is 0 Å². The molecule has 1 aliphatic carbocycles. The Balaban J connectivity index is 2.05. The molecule has 0 aliphatic heterocycles. The van der Waals surface area contributed by atoms with Crippen molar-refractivity contribution in [3.8, 4) is 0 Å². The summed E-state index contributed by atoms with van der Waals surface area (Å²) in [7, 11) is 1.52. The molecule has 5 heteroatoms. The molecule has 1 aromatic heterocycles. The highest BCUT2D eigenvalue weighted by Gasteiger charge is 2.23. The molecular weight excluding hydrogens is 278 g/mol. The third kappa shape index (κ3) is 2.98. The Morgan fingerprint density at radius 1 is 1.09 bits per heavy atom. The largest absolute Gasteiger partial charge is 0.368 e. The van der Waals surface area contributed by atoms with Crippen LogP contribution in [0.25, 0.3) is 0 Å². The average Bonchev–Trinajstić information content (AvgIpc) is 3.24. The Morgan fingerprint density at radius 3 is 2.32 bits per heavy atom. The first-order valence-electron chi connectivity index (χ1n) is 7.58. The predicted octanol–water partition coefficient (Wildman–Crippen LogP) is 1.79. The summed E-state index contributed by atoms with van der Waals surface area (Å²) in [6.07, 6.45) is 2.18. The second-order valence-corrected chi connectivity index (χ2v) is 6.21. The van der Waals surface area contributed by atoms with Gasteiger partial charge in [0.2, 0.25) is 0 Å². The van der Waals surface area contributed by atoms with Gasteiger partial charge < -0.3 is 5.32 Å². The molecule has 0 radical (unpaired) electrons. The van der Waals surface area contributed by atoms with Crippen molar-refractivity contribution in [1.82, 2.24) is 9.13 Å². The van der Waals surface area contributed by atoms with Gasteiger partial charge in [0.1, 0.15) is 5.82 Å². The fraction of sp³-hybridized carbons (Fsp3) is 0.412. The van der Waals surface area contributed by atoms with Gasteiger partial charge in [-0.05, 0) is 32.3 Å². The lowest BCUT2D eigenvalue weighted by atomic mass is 10.1. The van der Waals surface area contributed by atoms with Crippen LogP contribution in [0.3, 0.4) is 0 Å². The molecule has 2 aromatic rings. The van der Waals surface area contributed by atoms with Crippen LogP contribution in [-0.2, 0) is 13.6 Å². The number of benzene rings is 1. The van der Waals surface area contributed by atoms with Crippen molar-refractivity contribution in [2.24, 2.45) is 7.05 Å². The average molecular weight is 299 g/mol. The van der Waals surface area contributed by atoms with Crippen molar-refractivity contribution >= 4 is 5.82 Å². The lowest BCUT2D eigenvalue weighted by Gasteiger charge is -2.16. The number of hydrogen-bond acceptors (Lipinski definition) is 3. The summed E-state index contributed by atoms with van der Waals surface area (Å²) in [5.74, 6) is 0.620. The summed E-state index contributed by atoms with van der Waals surface area (Å²) >= 11 is 0. The fourth-order valence-corrected chi connectivity index (χ4v) is 2.72. The minimum absolute atomic E-state index is 0.273. The SMILES string of the molecule is Cc1cc(C)cc(Cn2c(NC3CC3)cc(=O)n(C)c2=O)c1. The van der Waals surface area contributed by atoms with Gasteiger partial charge in [0.15, 0.2) is 0 Å². The van der Waals surface area contributed by atoms with E-state index in [1.54, 1.807) is 4.57 Å². The van der Waals surface area contributed by atoms with Crippen molar-refractivity contribution < 1.29 is 0 Å². The number of nitrogens with one attached hydrogen (secondary N) is 1. The van der Waals surface area contributed by atoms with Gasteiger partial charge >= 0.3 is 5.69 Å². The Morgan fingerprint density at radius 2 is 1.73 bits per heavy atom. The third-order valence-corrected chi connectivity index (χ3v) is 3.95. The molecule has 0 unspecified atom stereocenters. The Hall–Kier alpha value is -2.30. The minimum atomic E-state index is -0.283. The van der Waals surface area contributed by atoms with E-state index in [-0.39, 0.29) is 11.2 Å². The molecule has 0 atom stereocenters. The molecule has 22 heavy (non-hydrogen) atoms. The molecule has 1 aromatic carbocycles. The van der Waals surface area contributed by atoms with E-state index in [1.807, 2.05) is 13.8 Å². The van der Waals surface area contributed by atoms with Gasteiger partial charge in [0, 0.05) is 19.2 Å². The zero-order valence-electron chi connectivity index (χ0n) is 13.2. The van der Waals surface area contributed by atoms with E-state index in [1.165, 1.54) is 24.2 Å². The number of aryl methyl sites for hydroxylation is 2. The molecule has 0 spiro atoms. The monoisotopic (exact) mass is 299 g/mol. The topological polar surface area (TPSA) is 56.0 Å². The van der Waals surface area contributed by atoms with Crippen LogP contribution in [0, 0.1) is 13.8 Å². The van der Waals surface area contributed by atoms with Crippen molar-refractivity contribution in [2.45, 2.75) is 39.3 Å². The lowest BCUT2D eigenvalue weighted by Crippen LogP contribution is -2.39. The van der Waals surface area contributed by atoms with Crippen LogP contribution < -0.4 is 16.6 Å². The Bertz CT molecular complexity index is 809. The van der Waals surface area contributed by atoms with Crippen molar-refractivity contribution in [1.29, 1.82) is 0 Å². The molecule has 1 N–H and O–H groups in total. The van der Waals surface area contributed by atoms with Crippen LogP contribution in [0.5, 0.6) is 0 Å². The number of hydrogen-bond donors (Lipinski definition) is 1. The Kier molecular flexibility index (Phi) is 3.64. The quantitative estimate of drug-likeness (QED) is 0.936. The molecule has 1 fully saturated rings. The van der Waals surface area contributed by atoms with E-state index in [0.29, 0.717) is 18.4 Å². The van der Waals surface area contributed by atoms with E-state index in [0.717, 1.165) is 23.0 Å². The zero-order chi connectivity index (χ0) is 15.9. The molecule has 1 aliphatic rings. The summed E-state index contributed by atoms with van der Waals surface area (Å²) in [6.45, 7) is 4.55. The molecule has 0 bridgehead atoms.